The smallest absolute Gasteiger partial charge is 0.224 e. The highest BCUT2D eigenvalue weighted by atomic mass is 16.5. The minimum atomic E-state index is 0.127. The molecule has 0 spiro atoms. The Morgan fingerprint density at radius 3 is 2.90 bits per heavy atom. The molecule has 0 unspecified atom stereocenters. The number of nitrogens with one attached hydrogen (secondary N) is 1. The van der Waals surface area contributed by atoms with E-state index in [0.717, 1.165) is 30.9 Å². The highest BCUT2D eigenvalue weighted by Crippen LogP contribution is 2.28. The van der Waals surface area contributed by atoms with Crippen LogP contribution in [0, 0.1) is 5.92 Å². The molecular formula is C17H25NO2. The van der Waals surface area contributed by atoms with E-state index in [0.29, 0.717) is 12.3 Å². The van der Waals surface area contributed by atoms with Crippen molar-refractivity contribution in [3.63, 3.8) is 0 Å². The van der Waals surface area contributed by atoms with Crippen molar-refractivity contribution in [1.82, 2.24) is 0 Å². The molecule has 3 nitrogen and oxygen atoms in total. The lowest BCUT2D eigenvalue weighted by Gasteiger charge is -2.11. The number of carbonyl (C=O) groups excluding carboxylic acids is 1. The summed E-state index contributed by atoms with van der Waals surface area (Å²) in [5.41, 5.74) is 0.835. The van der Waals surface area contributed by atoms with E-state index in [9.17, 15) is 4.79 Å². The standard InChI is InChI=1S/C17H25NO2/c1-2-3-11-20-16-10-6-9-15(13-16)18-17(19)12-14-7-4-5-8-14/h6,9-10,13-14H,2-5,7-8,11-12H2,1H3,(H,18,19). The van der Waals surface area contributed by atoms with Crippen LogP contribution in [-0.4, -0.2) is 12.5 Å². The molecule has 110 valence electrons. The zero-order valence-corrected chi connectivity index (χ0v) is 12.4. The van der Waals surface area contributed by atoms with Gasteiger partial charge in [-0.3, -0.25) is 4.79 Å². The molecule has 1 amide bonds. The molecule has 0 aromatic heterocycles. The third-order valence-electron chi connectivity index (χ3n) is 3.83. The molecule has 1 fully saturated rings. The van der Waals surface area contributed by atoms with Gasteiger partial charge in [-0.2, -0.15) is 0 Å². The molecule has 1 aliphatic carbocycles. The fourth-order valence-electron chi connectivity index (χ4n) is 2.69. The van der Waals surface area contributed by atoms with Crippen molar-refractivity contribution in [2.45, 2.75) is 51.9 Å². The molecule has 20 heavy (non-hydrogen) atoms. The maximum Gasteiger partial charge on any atom is 0.224 e. The van der Waals surface area contributed by atoms with Crippen LogP contribution >= 0.6 is 0 Å². The van der Waals surface area contributed by atoms with Gasteiger partial charge in [-0.25, -0.2) is 0 Å². The molecule has 0 bridgehead atoms. The van der Waals surface area contributed by atoms with E-state index in [1.54, 1.807) is 0 Å². The van der Waals surface area contributed by atoms with Gasteiger partial charge in [-0.05, 0) is 37.3 Å². The third-order valence-corrected chi connectivity index (χ3v) is 3.83. The predicted octanol–water partition coefficient (Wildman–Crippen LogP) is 4.38. The zero-order chi connectivity index (χ0) is 14.2. The Bertz CT molecular complexity index is 425. The van der Waals surface area contributed by atoms with E-state index in [4.69, 9.17) is 4.74 Å². The fourth-order valence-corrected chi connectivity index (χ4v) is 2.69. The van der Waals surface area contributed by atoms with Gasteiger partial charge in [-0.15, -0.1) is 0 Å². The van der Waals surface area contributed by atoms with Crippen LogP contribution in [0.4, 0.5) is 5.69 Å². The summed E-state index contributed by atoms with van der Waals surface area (Å²) in [6, 6.07) is 7.68. The van der Waals surface area contributed by atoms with Crippen LogP contribution in [0.5, 0.6) is 5.75 Å². The quantitative estimate of drug-likeness (QED) is 0.750. The Morgan fingerprint density at radius 1 is 1.35 bits per heavy atom. The lowest BCUT2D eigenvalue weighted by Crippen LogP contribution is -2.15. The lowest BCUT2D eigenvalue weighted by molar-refractivity contribution is -0.117. The van der Waals surface area contributed by atoms with E-state index >= 15 is 0 Å². The highest BCUT2D eigenvalue weighted by molar-refractivity contribution is 5.91. The second-order valence-electron chi connectivity index (χ2n) is 5.63. The summed E-state index contributed by atoms with van der Waals surface area (Å²) >= 11 is 0. The molecule has 3 heteroatoms. The second-order valence-corrected chi connectivity index (χ2v) is 5.63. The fraction of sp³-hybridized carbons (Fsp3) is 0.588. The molecule has 0 atom stereocenters. The molecule has 0 saturated heterocycles. The summed E-state index contributed by atoms with van der Waals surface area (Å²) in [7, 11) is 0. The van der Waals surface area contributed by atoms with E-state index in [1.165, 1.54) is 25.7 Å². The first-order chi connectivity index (χ1) is 9.78. The number of hydrogen-bond acceptors (Lipinski definition) is 2. The Hall–Kier alpha value is -1.51. The normalized spacial score (nSPS) is 15.2. The Morgan fingerprint density at radius 2 is 2.15 bits per heavy atom. The first-order valence-corrected chi connectivity index (χ1v) is 7.80. The van der Waals surface area contributed by atoms with Crippen molar-refractivity contribution in [3.8, 4) is 5.75 Å². The van der Waals surface area contributed by atoms with Gasteiger partial charge in [0, 0.05) is 18.2 Å². The third kappa shape index (κ3) is 4.87. The van der Waals surface area contributed by atoms with Crippen LogP contribution < -0.4 is 10.1 Å². The van der Waals surface area contributed by atoms with Crippen molar-refractivity contribution < 1.29 is 9.53 Å². The van der Waals surface area contributed by atoms with Crippen LogP contribution in [0.25, 0.3) is 0 Å². The number of anilines is 1. The van der Waals surface area contributed by atoms with Crippen LogP contribution in [0.1, 0.15) is 51.9 Å². The van der Waals surface area contributed by atoms with Crippen LogP contribution in [0.2, 0.25) is 0 Å². The van der Waals surface area contributed by atoms with Gasteiger partial charge >= 0.3 is 0 Å². The number of benzene rings is 1. The lowest BCUT2D eigenvalue weighted by atomic mass is 10.0. The maximum atomic E-state index is 12.0. The summed E-state index contributed by atoms with van der Waals surface area (Å²) in [6.07, 6.45) is 7.79. The summed E-state index contributed by atoms with van der Waals surface area (Å²) in [5.74, 6) is 1.54. The molecule has 1 saturated carbocycles. The molecule has 0 radical (unpaired) electrons. The molecule has 1 aromatic carbocycles. The zero-order valence-electron chi connectivity index (χ0n) is 12.4. The summed E-state index contributed by atoms with van der Waals surface area (Å²) in [6.45, 7) is 2.87. The average molecular weight is 275 g/mol. The first kappa shape index (κ1) is 14.9. The van der Waals surface area contributed by atoms with Gasteiger partial charge in [0.15, 0.2) is 0 Å². The summed E-state index contributed by atoms with van der Waals surface area (Å²) in [4.78, 5) is 12.0. The topological polar surface area (TPSA) is 38.3 Å². The molecular weight excluding hydrogens is 250 g/mol. The average Bonchev–Trinajstić information content (AvgIpc) is 2.92. The number of carbonyl (C=O) groups is 1. The van der Waals surface area contributed by atoms with Gasteiger partial charge in [0.2, 0.25) is 5.91 Å². The van der Waals surface area contributed by atoms with Crippen LogP contribution in [0.15, 0.2) is 24.3 Å². The first-order valence-electron chi connectivity index (χ1n) is 7.80. The van der Waals surface area contributed by atoms with Crippen molar-refractivity contribution in [1.29, 1.82) is 0 Å². The molecule has 2 rings (SSSR count). The monoisotopic (exact) mass is 275 g/mol. The predicted molar refractivity (Wildman–Crippen MR) is 82.0 cm³/mol. The summed E-state index contributed by atoms with van der Waals surface area (Å²) < 4.78 is 5.65. The van der Waals surface area contributed by atoms with Gasteiger partial charge in [-0.1, -0.05) is 32.3 Å². The van der Waals surface area contributed by atoms with Gasteiger partial charge in [0.25, 0.3) is 0 Å². The van der Waals surface area contributed by atoms with Crippen molar-refractivity contribution in [3.05, 3.63) is 24.3 Å². The van der Waals surface area contributed by atoms with Gasteiger partial charge in [0.05, 0.1) is 6.61 Å². The van der Waals surface area contributed by atoms with Gasteiger partial charge < -0.3 is 10.1 Å². The summed E-state index contributed by atoms with van der Waals surface area (Å²) in [5, 5.41) is 2.98. The Balaban J connectivity index is 1.81. The molecule has 0 heterocycles. The van der Waals surface area contributed by atoms with E-state index in [2.05, 4.69) is 12.2 Å². The van der Waals surface area contributed by atoms with Crippen LogP contribution in [-0.2, 0) is 4.79 Å². The minimum absolute atomic E-state index is 0.127. The van der Waals surface area contributed by atoms with E-state index in [-0.39, 0.29) is 5.91 Å². The van der Waals surface area contributed by atoms with Crippen LogP contribution in [0.3, 0.4) is 0 Å². The number of hydrogen-bond donors (Lipinski definition) is 1. The SMILES string of the molecule is CCCCOc1cccc(NC(=O)CC2CCCC2)c1. The molecule has 1 aromatic rings. The number of ether oxygens (including phenoxy) is 1. The largest absolute Gasteiger partial charge is 0.494 e. The maximum absolute atomic E-state index is 12.0. The molecule has 0 aliphatic heterocycles. The van der Waals surface area contributed by atoms with Crippen molar-refractivity contribution in [2.75, 3.05) is 11.9 Å². The number of unbranched alkanes of at least 4 members (excludes halogenated alkanes) is 1. The number of amides is 1. The highest BCUT2D eigenvalue weighted by Gasteiger charge is 2.18. The Kier molecular flexibility index (Phi) is 5.90. The molecule has 1 N–H and O–H groups in total. The van der Waals surface area contributed by atoms with Gasteiger partial charge in [0.1, 0.15) is 5.75 Å². The van der Waals surface area contributed by atoms with E-state index in [1.807, 2.05) is 24.3 Å². The minimum Gasteiger partial charge on any atom is -0.494 e. The van der Waals surface area contributed by atoms with Crippen molar-refractivity contribution >= 4 is 11.6 Å². The molecule has 1 aliphatic rings. The number of rotatable bonds is 7. The second kappa shape index (κ2) is 7.93. The van der Waals surface area contributed by atoms with Crippen molar-refractivity contribution in [2.24, 2.45) is 5.92 Å². The Labute approximate surface area is 121 Å². The van der Waals surface area contributed by atoms with E-state index < -0.39 is 0 Å².